The van der Waals surface area contributed by atoms with Crippen LogP contribution in [-0.4, -0.2) is 239 Å². The Labute approximate surface area is 319 Å². The zero-order valence-corrected chi connectivity index (χ0v) is 30.7. The van der Waals surface area contributed by atoms with Crippen LogP contribution in [0.3, 0.4) is 0 Å². The van der Waals surface area contributed by atoms with Crippen molar-refractivity contribution < 1.29 is 114 Å². The van der Waals surface area contributed by atoms with Crippen LogP contribution >= 0.6 is 0 Å². The second kappa shape index (κ2) is 18.9. The summed E-state index contributed by atoms with van der Waals surface area (Å²) >= 11 is 0. The second-order valence-corrected chi connectivity index (χ2v) is 14.6. The van der Waals surface area contributed by atoms with Gasteiger partial charge in [0.25, 0.3) is 0 Å². The maximum atomic E-state index is 12.5. The van der Waals surface area contributed by atoms with Crippen molar-refractivity contribution in [1.29, 1.82) is 0 Å². The highest BCUT2D eigenvalue weighted by molar-refractivity contribution is 5.73. The Morgan fingerprint density at radius 2 is 0.929 bits per heavy atom. The fourth-order valence-corrected chi connectivity index (χ4v) is 7.23. The maximum Gasteiger partial charge on any atom is 0.217 e. The number of hydrogen-bond acceptors (Lipinski definition) is 23. The van der Waals surface area contributed by atoms with Crippen LogP contribution in [0.5, 0.6) is 0 Å². The fraction of sp³-hybridized carbons (Fsp3) is 0.969. The number of ether oxygens (including phenoxy) is 9. The highest BCUT2D eigenvalue weighted by atomic mass is 16.8. The summed E-state index contributed by atoms with van der Waals surface area (Å²) in [5.74, 6) is -0.751. The third kappa shape index (κ3) is 9.31. The van der Waals surface area contributed by atoms with Gasteiger partial charge >= 0.3 is 0 Å². The fourth-order valence-electron chi connectivity index (χ4n) is 7.23. The Bertz CT molecular complexity index is 1260. The third-order valence-electron chi connectivity index (χ3n) is 10.6. The number of nitrogens with one attached hydrogen (secondary N) is 1. The van der Waals surface area contributed by atoms with E-state index >= 15 is 0 Å². The molecule has 5 aliphatic rings. The van der Waals surface area contributed by atoms with Gasteiger partial charge in [-0.25, -0.2) is 0 Å². The number of aliphatic hydroxyl groups is 13. The molecule has 5 rings (SSSR count). The number of rotatable bonds is 11. The van der Waals surface area contributed by atoms with E-state index in [0.717, 1.165) is 6.92 Å². The molecule has 5 saturated heterocycles. The molecule has 0 bridgehead atoms. The zero-order chi connectivity index (χ0) is 41.5. The molecule has 0 unspecified atom stereocenters. The topological polar surface area (TPSA) is 375 Å². The first-order valence-electron chi connectivity index (χ1n) is 18.2. The molecule has 0 aromatic heterocycles. The van der Waals surface area contributed by atoms with E-state index in [1.807, 2.05) is 0 Å². The Balaban J connectivity index is 1.42. The van der Waals surface area contributed by atoms with Gasteiger partial charge in [-0.15, -0.1) is 0 Å². The lowest BCUT2D eigenvalue weighted by Gasteiger charge is -2.50. The molecule has 5 heterocycles. The molecule has 0 spiro atoms. The van der Waals surface area contributed by atoms with Crippen LogP contribution in [0.2, 0.25) is 0 Å². The number of carbonyl (C=O) groups excluding carboxylic acids is 1. The number of aliphatic hydroxyl groups excluding tert-OH is 13. The Hall–Kier alpha value is -1.41. The Kier molecular flexibility index (Phi) is 15.4. The zero-order valence-electron chi connectivity index (χ0n) is 30.7. The van der Waals surface area contributed by atoms with Crippen molar-refractivity contribution >= 4 is 5.91 Å². The molecule has 1 amide bonds. The molecular formula is C32H55NO23. The van der Waals surface area contributed by atoms with E-state index in [2.05, 4.69) is 5.32 Å². The van der Waals surface area contributed by atoms with E-state index in [1.165, 1.54) is 20.8 Å². The quantitative estimate of drug-likeness (QED) is 0.0920. The lowest BCUT2D eigenvalue weighted by molar-refractivity contribution is -0.393. The van der Waals surface area contributed by atoms with Crippen LogP contribution in [-0.2, 0) is 47.4 Å². The number of hydrogen-bond donors (Lipinski definition) is 14. The summed E-state index contributed by atoms with van der Waals surface area (Å²) in [6, 6.07) is -1.59. The summed E-state index contributed by atoms with van der Waals surface area (Å²) in [5, 5.41) is 141. The molecule has 25 atom stereocenters. The lowest BCUT2D eigenvalue weighted by atomic mass is 9.94. The molecule has 5 aliphatic heterocycles. The van der Waals surface area contributed by atoms with E-state index < -0.39 is 173 Å². The molecule has 0 aliphatic carbocycles. The summed E-state index contributed by atoms with van der Waals surface area (Å²) in [4.78, 5) is 12.5. The summed E-state index contributed by atoms with van der Waals surface area (Å²) < 4.78 is 51.2. The summed E-state index contributed by atoms with van der Waals surface area (Å²) in [7, 11) is 0. The van der Waals surface area contributed by atoms with Crippen molar-refractivity contribution in [2.45, 2.75) is 181 Å². The predicted octanol–water partition coefficient (Wildman–Crippen LogP) is -8.70. The van der Waals surface area contributed by atoms with Crippen LogP contribution in [0.4, 0.5) is 0 Å². The molecule has 14 N–H and O–H groups in total. The third-order valence-corrected chi connectivity index (χ3v) is 10.6. The van der Waals surface area contributed by atoms with Gasteiger partial charge in [-0.3, -0.25) is 4.79 Å². The van der Waals surface area contributed by atoms with Crippen LogP contribution in [0.1, 0.15) is 27.7 Å². The van der Waals surface area contributed by atoms with Crippen LogP contribution in [0.25, 0.3) is 0 Å². The molecular weight excluding hydrogens is 766 g/mol. The van der Waals surface area contributed by atoms with E-state index in [4.69, 9.17) is 42.6 Å². The Morgan fingerprint density at radius 1 is 0.464 bits per heavy atom. The molecule has 5 fully saturated rings. The van der Waals surface area contributed by atoms with Gasteiger partial charge in [0, 0.05) is 6.92 Å². The molecule has 24 heteroatoms. The monoisotopic (exact) mass is 821 g/mol. The number of amides is 1. The van der Waals surface area contributed by atoms with Gasteiger partial charge in [-0.1, -0.05) is 0 Å². The predicted molar refractivity (Wildman–Crippen MR) is 174 cm³/mol. The maximum absolute atomic E-state index is 12.5. The van der Waals surface area contributed by atoms with E-state index in [-0.39, 0.29) is 0 Å². The minimum atomic E-state index is -2.02. The van der Waals surface area contributed by atoms with E-state index in [0.29, 0.717) is 0 Å². The molecule has 0 radical (unpaired) electrons. The molecule has 0 aromatic rings. The highest BCUT2D eigenvalue weighted by Gasteiger charge is 2.56. The minimum Gasteiger partial charge on any atom is -0.394 e. The van der Waals surface area contributed by atoms with E-state index in [9.17, 15) is 71.2 Å². The first-order valence-corrected chi connectivity index (χ1v) is 18.2. The lowest BCUT2D eigenvalue weighted by Crippen LogP contribution is -2.70. The van der Waals surface area contributed by atoms with Crippen molar-refractivity contribution in [2.75, 3.05) is 13.2 Å². The first kappa shape index (κ1) is 45.7. The van der Waals surface area contributed by atoms with Crippen LogP contribution in [0, 0.1) is 0 Å². The molecule has 0 saturated carbocycles. The normalized spacial score (nSPS) is 53.1. The molecule has 56 heavy (non-hydrogen) atoms. The molecule has 0 aromatic carbocycles. The second-order valence-electron chi connectivity index (χ2n) is 14.6. The van der Waals surface area contributed by atoms with Gasteiger partial charge in [0.1, 0.15) is 104 Å². The van der Waals surface area contributed by atoms with Crippen molar-refractivity contribution in [3.63, 3.8) is 0 Å². The van der Waals surface area contributed by atoms with Crippen LogP contribution < -0.4 is 5.32 Å². The minimum absolute atomic E-state index is 0.751. The standard InChI is InChI=1S/C32H55NO23/c1-7-14(37)19(42)21(44)30(49-7)55-26-16(39)9(3)50-31(23(26)46)56-27-20(43)17(40)11(5-34)52-32(27)53-24-13(33-10(4)36)29(51-12(6-35)18(24)41)54-25-15(38)8(2)48-28(47)22(25)45/h7-9,11-32,34-35,37-47H,5-6H2,1-4H3,(H,33,36)/t7-,8-,9-,11+,12+,13+,14-,15-,16-,17-,18+,19+,20-,21+,22+,23+,24+,25+,26+,27+,28+,29+,30-,31-,32+/m0/s1. The van der Waals surface area contributed by atoms with Gasteiger partial charge in [0.05, 0.1) is 31.5 Å². The Morgan fingerprint density at radius 3 is 1.52 bits per heavy atom. The average Bonchev–Trinajstić information content (AvgIpc) is 3.15. The van der Waals surface area contributed by atoms with E-state index in [1.54, 1.807) is 0 Å². The average molecular weight is 822 g/mol. The first-order chi connectivity index (χ1) is 26.3. The number of carbonyl (C=O) groups is 1. The molecule has 24 nitrogen and oxygen atoms in total. The molecule has 326 valence electrons. The van der Waals surface area contributed by atoms with Gasteiger partial charge in [-0.05, 0) is 20.8 Å². The summed E-state index contributed by atoms with van der Waals surface area (Å²) in [6.45, 7) is 3.38. The SMILES string of the molecule is CC(=O)N[C@H]1[C@@H](O[C@@H]2[C@@H](O)[C@H](C)O[C@@H](O)[C@@H]2O)O[C@H](CO)[C@@H](O)[C@@H]1O[C@H]1O[C@H](CO)[C@H](O)[C@H](O)[C@H]1O[C@@H]1O[C@@H](C)[C@H](O)[C@@H](O[C@@H]2O[C@@H](C)[C@H](O)[C@@H](O)[C@H]2O)[C@H]1O. The van der Waals surface area contributed by atoms with Gasteiger partial charge < -0.3 is 114 Å². The van der Waals surface area contributed by atoms with Crippen molar-refractivity contribution in [2.24, 2.45) is 0 Å². The largest absolute Gasteiger partial charge is 0.394 e. The highest BCUT2D eigenvalue weighted by Crippen LogP contribution is 2.36. The van der Waals surface area contributed by atoms with Gasteiger partial charge in [-0.2, -0.15) is 0 Å². The van der Waals surface area contributed by atoms with Gasteiger partial charge in [0.15, 0.2) is 31.5 Å². The smallest absolute Gasteiger partial charge is 0.217 e. The summed E-state index contributed by atoms with van der Waals surface area (Å²) in [6.07, 6.45) is -40.3. The van der Waals surface area contributed by atoms with Gasteiger partial charge in [0.2, 0.25) is 5.91 Å². The van der Waals surface area contributed by atoms with Crippen molar-refractivity contribution in [1.82, 2.24) is 5.32 Å². The van der Waals surface area contributed by atoms with Crippen LogP contribution in [0.15, 0.2) is 0 Å². The van der Waals surface area contributed by atoms with Crippen molar-refractivity contribution in [3.05, 3.63) is 0 Å². The summed E-state index contributed by atoms with van der Waals surface area (Å²) in [5.41, 5.74) is 0. The van der Waals surface area contributed by atoms with Crippen molar-refractivity contribution in [3.8, 4) is 0 Å².